The number of para-hydroxylation sites is 1. The Balaban J connectivity index is 2.70. The zero-order chi connectivity index (χ0) is 25.8. The molecule has 10 heteroatoms. The maximum Gasteiger partial charge on any atom is 0.259 e. The predicted octanol–water partition coefficient (Wildman–Crippen LogP) is 2.67. The monoisotopic (exact) mass is 512 g/mol. The highest BCUT2D eigenvalue weighted by molar-refractivity contribution is 6.37. The van der Waals surface area contributed by atoms with E-state index in [1.54, 1.807) is 30.3 Å². The second-order valence-corrected chi connectivity index (χ2v) is 9.11. The summed E-state index contributed by atoms with van der Waals surface area (Å²) in [5.41, 5.74) is 1.05. The van der Waals surface area contributed by atoms with Crippen LogP contribution in [0.15, 0.2) is 42.5 Å². The highest BCUT2D eigenvalue weighted by Gasteiger charge is 2.50. The molecule has 4 unspecified atom stereocenters. The third-order valence-electron chi connectivity index (χ3n) is 6.23. The van der Waals surface area contributed by atoms with Crippen LogP contribution in [0.2, 0.25) is 10.0 Å². The molecule has 0 spiro atoms. The Bertz CT molecular complexity index is 1010. The third kappa shape index (κ3) is 5.54. The van der Waals surface area contributed by atoms with Crippen LogP contribution < -0.4 is 10.0 Å². The summed E-state index contributed by atoms with van der Waals surface area (Å²) in [5, 5.41) is 44.2. The first-order valence-electron chi connectivity index (χ1n) is 10.8. The average molecular weight is 513 g/mol. The Morgan fingerprint density at radius 1 is 1.00 bits per heavy atom. The molecule has 0 aliphatic rings. The van der Waals surface area contributed by atoms with Crippen LogP contribution in [0.3, 0.4) is 0 Å². The predicted molar refractivity (Wildman–Crippen MR) is 128 cm³/mol. The molecule has 0 aliphatic heterocycles. The molecule has 186 valence electrons. The van der Waals surface area contributed by atoms with E-state index in [4.69, 9.17) is 23.2 Å². The number of nitrogens with zero attached hydrogens (tertiary/aromatic N) is 2. The summed E-state index contributed by atoms with van der Waals surface area (Å²) in [5.74, 6) is -1.77. The molecule has 0 radical (unpaired) electrons. The number of halogens is 2. The molecule has 8 nitrogen and oxygen atoms in total. The molecule has 0 heterocycles. The summed E-state index contributed by atoms with van der Waals surface area (Å²) in [6.07, 6.45) is -4.33. The van der Waals surface area contributed by atoms with Gasteiger partial charge < -0.3 is 30.1 Å². The zero-order valence-electron chi connectivity index (χ0n) is 19.5. The molecule has 34 heavy (non-hydrogen) atoms. The van der Waals surface area contributed by atoms with Crippen LogP contribution in [0.25, 0.3) is 0 Å². The molecular weight excluding hydrogens is 483 g/mol. The van der Waals surface area contributed by atoms with Crippen LogP contribution in [0.5, 0.6) is 0 Å². The van der Waals surface area contributed by atoms with E-state index in [0.29, 0.717) is 16.3 Å². The Labute approximate surface area is 209 Å². The molecule has 0 bridgehead atoms. The number of aliphatic hydroxyl groups excluding tert-OH is 3. The topological polar surface area (TPSA) is 121 Å². The molecule has 0 aromatic heterocycles. The van der Waals surface area contributed by atoms with Crippen LogP contribution >= 0.6 is 23.2 Å². The number of hydrogen-bond acceptors (Lipinski definition) is 6. The van der Waals surface area contributed by atoms with Crippen molar-refractivity contribution in [2.24, 2.45) is 0 Å². The minimum absolute atomic E-state index is 0.0796. The minimum atomic E-state index is -1.32. The van der Waals surface area contributed by atoms with Crippen LogP contribution in [-0.2, 0) is 4.79 Å². The van der Waals surface area contributed by atoms with Crippen molar-refractivity contribution in [3.8, 4) is 0 Å². The van der Waals surface area contributed by atoms with Crippen molar-refractivity contribution in [3.63, 3.8) is 0 Å². The first kappa shape index (κ1) is 28.0. The summed E-state index contributed by atoms with van der Waals surface area (Å²) >= 11 is 12.2. The molecule has 0 fully saturated rings. The van der Waals surface area contributed by atoms with E-state index in [2.05, 4.69) is 0 Å². The van der Waals surface area contributed by atoms with Crippen molar-refractivity contribution in [3.05, 3.63) is 63.6 Å². The fraction of sp³-hybridized carbons (Fsp3) is 0.417. The van der Waals surface area contributed by atoms with Crippen molar-refractivity contribution in [2.45, 2.75) is 58.3 Å². The second-order valence-electron chi connectivity index (χ2n) is 8.26. The van der Waals surface area contributed by atoms with Gasteiger partial charge in [-0.1, -0.05) is 41.4 Å². The number of hydrogen-bond donors (Lipinski definition) is 3. The molecule has 0 saturated heterocycles. The summed E-state index contributed by atoms with van der Waals surface area (Å²) in [4.78, 5) is 26.0. The standard InChI is InChI=1S/C24H30Cl2N2O6/c1-14(29)28(15(2)30,16(3)31)22(11-12-23(32)33)19-7-5-6-8-21(19)27(4)24(34)18-10-9-17(25)13-20(18)26/h5-10,13-16,22,29-31H,11-12H2,1-4H3. The number of anilines is 1. The number of carbonyl (C=O) groups is 2. The minimum Gasteiger partial charge on any atom is -0.550 e. The van der Waals surface area contributed by atoms with Gasteiger partial charge in [0.05, 0.1) is 16.3 Å². The van der Waals surface area contributed by atoms with Crippen LogP contribution in [-0.4, -0.2) is 57.4 Å². The van der Waals surface area contributed by atoms with E-state index in [0.717, 1.165) is 0 Å². The molecular formula is C24H30Cl2N2O6. The molecule has 2 aromatic rings. The Morgan fingerprint density at radius 3 is 2.06 bits per heavy atom. The maximum absolute atomic E-state index is 13.3. The van der Waals surface area contributed by atoms with E-state index in [9.17, 15) is 30.0 Å². The summed E-state index contributed by atoms with van der Waals surface area (Å²) in [6.45, 7) is 4.24. The fourth-order valence-corrected chi connectivity index (χ4v) is 5.11. The zero-order valence-corrected chi connectivity index (χ0v) is 21.0. The van der Waals surface area contributed by atoms with Crippen molar-refractivity contribution >= 4 is 40.8 Å². The van der Waals surface area contributed by atoms with Gasteiger partial charge in [-0.3, -0.25) is 4.79 Å². The van der Waals surface area contributed by atoms with E-state index in [1.165, 1.54) is 44.9 Å². The van der Waals surface area contributed by atoms with Gasteiger partial charge in [-0.25, -0.2) is 4.48 Å². The maximum atomic E-state index is 13.3. The lowest BCUT2D eigenvalue weighted by molar-refractivity contribution is -1.06. The number of carboxylic acids is 1. The summed E-state index contributed by atoms with van der Waals surface area (Å²) in [6, 6.07) is 10.3. The number of amides is 1. The summed E-state index contributed by atoms with van der Waals surface area (Å²) in [7, 11) is 1.53. The smallest absolute Gasteiger partial charge is 0.259 e. The van der Waals surface area contributed by atoms with Gasteiger partial charge in [0.25, 0.3) is 5.91 Å². The van der Waals surface area contributed by atoms with Crippen molar-refractivity contribution in [1.29, 1.82) is 0 Å². The average Bonchev–Trinajstić information content (AvgIpc) is 2.74. The quantitative estimate of drug-likeness (QED) is 0.332. The lowest BCUT2D eigenvalue weighted by Crippen LogP contribution is -2.66. The Hall–Kier alpha value is -2.20. The van der Waals surface area contributed by atoms with Crippen molar-refractivity contribution in [2.75, 3.05) is 11.9 Å². The molecule has 3 N–H and O–H groups in total. The van der Waals surface area contributed by atoms with Crippen LogP contribution in [0.1, 0.15) is 55.6 Å². The van der Waals surface area contributed by atoms with Gasteiger partial charge in [-0.05, 0) is 30.7 Å². The highest BCUT2D eigenvalue weighted by Crippen LogP contribution is 2.43. The van der Waals surface area contributed by atoms with Gasteiger partial charge in [0.2, 0.25) is 0 Å². The highest BCUT2D eigenvalue weighted by atomic mass is 35.5. The van der Waals surface area contributed by atoms with Crippen LogP contribution in [0.4, 0.5) is 5.69 Å². The number of rotatable bonds is 10. The van der Waals surface area contributed by atoms with Crippen LogP contribution in [0, 0.1) is 0 Å². The van der Waals surface area contributed by atoms with E-state index in [1.807, 2.05) is 0 Å². The number of carboxylic acid groups (broad SMARTS) is 1. The number of quaternary nitrogens is 1. The second kappa shape index (κ2) is 11.5. The first-order chi connectivity index (χ1) is 15.8. The Kier molecular flexibility index (Phi) is 9.47. The fourth-order valence-electron chi connectivity index (χ4n) is 4.62. The molecule has 2 aromatic carbocycles. The number of carbonyl (C=O) groups excluding carboxylic acids is 2. The first-order valence-corrected chi connectivity index (χ1v) is 11.5. The van der Waals surface area contributed by atoms with Gasteiger partial charge in [0, 0.05) is 50.8 Å². The van der Waals surface area contributed by atoms with E-state index >= 15 is 0 Å². The molecule has 2 rings (SSSR count). The lowest BCUT2D eigenvalue weighted by Gasteiger charge is -2.51. The van der Waals surface area contributed by atoms with Gasteiger partial charge in [-0.15, -0.1) is 0 Å². The van der Waals surface area contributed by atoms with Gasteiger partial charge in [0.15, 0.2) is 18.7 Å². The van der Waals surface area contributed by atoms with Crippen molar-refractivity contribution < 1.29 is 34.5 Å². The molecule has 1 amide bonds. The molecule has 0 saturated carbocycles. The number of aliphatic hydroxyl groups is 3. The van der Waals surface area contributed by atoms with E-state index < -0.39 is 47.5 Å². The van der Waals surface area contributed by atoms with Gasteiger partial charge in [0.1, 0.15) is 6.04 Å². The molecule has 4 atom stereocenters. The van der Waals surface area contributed by atoms with Crippen molar-refractivity contribution in [1.82, 2.24) is 0 Å². The van der Waals surface area contributed by atoms with Gasteiger partial charge >= 0.3 is 0 Å². The van der Waals surface area contributed by atoms with E-state index in [-0.39, 0.29) is 17.0 Å². The lowest BCUT2D eigenvalue weighted by atomic mass is 9.93. The number of aliphatic carboxylic acids is 1. The number of benzene rings is 2. The summed E-state index contributed by atoms with van der Waals surface area (Å²) < 4.78 is -0.659. The SMILES string of the molecule is CC(O)[N+](C(C)O)(C(C)O)C(CCC(=O)[O-])c1ccccc1N(C)C(=O)c1ccc(Cl)cc1Cl. The Morgan fingerprint density at radius 2 is 1.56 bits per heavy atom. The van der Waals surface area contributed by atoms with Gasteiger partial charge in [-0.2, -0.15) is 0 Å². The normalized spacial score (nSPS) is 16.7. The molecule has 0 aliphatic carbocycles. The largest absolute Gasteiger partial charge is 0.550 e. The third-order valence-corrected chi connectivity index (χ3v) is 6.77.